The first-order chi connectivity index (χ1) is 17.9. The summed E-state index contributed by atoms with van der Waals surface area (Å²) >= 11 is 0. The number of methoxy groups -OCH3 is 1. The monoisotopic (exact) mass is 500 g/mol. The van der Waals surface area contributed by atoms with Gasteiger partial charge in [-0.1, -0.05) is 30.3 Å². The van der Waals surface area contributed by atoms with E-state index in [1.807, 2.05) is 24.3 Å². The summed E-state index contributed by atoms with van der Waals surface area (Å²) in [6.45, 7) is 0.901. The number of hydrogen-bond acceptors (Lipinski definition) is 7. The lowest BCUT2D eigenvalue weighted by molar-refractivity contribution is -0.115. The van der Waals surface area contributed by atoms with Crippen molar-refractivity contribution in [3.05, 3.63) is 82.1 Å². The second-order valence-corrected chi connectivity index (χ2v) is 8.37. The number of amides is 2. The zero-order valence-electron chi connectivity index (χ0n) is 20.7. The number of rotatable bonds is 9. The maximum atomic E-state index is 13.1. The van der Waals surface area contributed by atoms with Gasteiger partial charge in [0.2, 0.25) is 11.3 Å². The zero-order valence-corrected chi connectivity index (χ0v) is 20.7. The Hall–Kier alpha value is -4.57. The van der Waals surface area contributed by atoms with Gasteiger partial charge in [0.15, 0.2) is 0 Å². The van der Waals surface area contributed by atoms with Crippen LogP contribution in [0.3, 0.4) is 0 Å². The standard InChI is InChI=1S/C27H28N6O4/c1-29-27(36)23-24(35)19-11-12-20(31-26(19)33(25(23)28)14-5-15-37-2)18-9-7-17(8-10-18)16-22(34)32-21-6-3-4-13-30-21/h3-4,6-13H,5,14-16,28H2,1-2H3,(H,29,36)(H,30,32,34). The lowest BCUT2D eigenvalue weighted by Gasteiger charge is -2.17. The van der Waals surface area contributed by atoms with E-state index >= 15 is 0 Å². The third kappa shape index (κ3) is 5.65. The number of ether oxygens (including phenoxy) is 1. The number of nitrogens with zero attached hydrogens (tertiary/aromatic N) is 3. The van der Waals surface area contributed by atoms with Crippen LogP contribution in [0.2, 0.25) is 0 Å². The molecule has 10 nitrogen and oxygen atoms in total. The smallest absolute Gasteiger partial charge is 0.258 e. The van der Waals surface area contributed by atoms with E-state index in [4.69, 9.17) is 15.5 Å². The molecule has 0 aliphatic heterocycles. The number of nitrogens with two attached hydrogens (primary N) is 1. The molecule has 37 heavy (non-hydrogen) atoms. The fourth-order valence-electron chi connectivity index (χ4n) is 4.03. The van der Waals surface area contributed by atoms with Crippen LogP contribution in [0.5, 0.6) is 0 Å². The summed E-state index contributed by atoms with van der Waals surface area (Å²) in [5.41, 5.74) is 8.38. The summed E-state index contributed by atoms with van der Waals surface area (Å²) in [5.74, 6) is -0.152. The second-order valence-electron chi connectivity index (χ2n) is 8.37. The highest BCUT2D eigenvalue weighted by Gasteiger charge is 2.21. The molecule has 0 saturated carbocycles. The van der Waals surface area contributed by atoms with Crippen LogP contribution < -0.4 is 21.8 Å². The minimum absolute atomic E-state index is 0.0619. The molecule has 190 valence electrons. The summed E-state index contributed by atoms with van der Waals surface area (Å²) < 4.78 is 6.84. The number of anilines is 2. The number of aryl methyl sites for hydroxylation is 1. The molecule has 2 amide bonds. The van der Waals surface area contributed by atoms with E-state index in [1.165, 1.54) is 7.05 Å². The van der Waals surface area contributed by atoms with Gasteiger partial charge in [0, 0.05) is 39.1 Å². The number of pyridine rings is 3. The summed E-state index contributed by atoms with van der Waals surface area (Å²) in [6.07, 6.45) is 2.43. The Balaban J connectivity index is 1.65. The van der Waals surface area contributed by atoms with Crippen LogP contribution in [0.15, 0.2) is 65.6 Å². The maximum absolute atomic E-state index is 13.1. The van der Waals surface area contributed by atoms with Gasteiger partial charge in [-0.15, -0.1) is 0 Å². The molecule has 0 spiro atoms. The van der Waals surface area contributed by atoms with E-state index in [2.05, 4.69) is 15.6 Å². The van der Waals surface area contributed by atoms with Gasteiger partial charge < -0.3 is 25.7 Å². The first-order valence-corrected chi connectivity index (χ1v) is 11.8. The van der Waals surface area contributed by atoms with Gasteiger partial charge in [-0.05, 0) is 36.2 Å². The molecule has 1 aromatic carbocycles. The van der Waals surface area contributed by atoms with Crippen molar-refractivity contribution in [3.8, 4) is 11.3 Å². The minimum atomic E-state index is -0.545. The number of carbonyl (C=O) groups is 2. The Bertz CT molecular complexity index is 1480. The Morgan fingerprint density at radius 3 is 2.54 bits per heavy atom. The van der Waals surface area contributed by atoms with Crippen LogP contribution in [-0.4, -0.2) is 47.1 Å². The molecule has 0 saturated heterocycles. The number of hydrogen-bond donors (Lipinski definition) is 3. The SMILES string of the molecule is CNC(=O)c1c(N)n(CCCOC)c2nc(-c3ccc(CC(=O)Nc4ccccn4)cc3)ccc2c1=O. The minimum Gasteiger partial charge on any atom is -0.385 e. The number of nitrogen functional groups attached to an aromatic ring is 1. The molecular formula is C27H28N6O4. The molecule has 3 aromatic heterocycles. The Morgan fingerprint density at radius 1 is 1.08 bits per heavy atom. The van der Waals surface area contributed by atoms with Crippen molar-refractivity contribution < 1.29 is 14.3 Å². The van der Waals surface area contributed by atoms with Crippen molar-refractivity contribution in [2.45, 2.75) is 19.4 Å². The number of aromatic nitrogens is 3. The molecule has 0 unspecified atom stereocenters. The number of nitrogens with one attached hydrogen (secondary N) is 2. The Kier molecular flexibility index (Phi) is 7.89. The van der Waals surface area contributed by atoms with Crippen molar-refractivity contribution in [1.82, 2.24) is 19.9 Å². The van der Waals surface area contributed by atoms with Crippen LogP contribution >= 0.6 is 0 Å². The van der Waals surface area contributed by atoms with Crippen molar-refractivity contribution in [3.63, 3.8) is 0 Å². The molecular weight excluding hydrogens is 472 g/mol. The van der Waals surface area contributed by atoms with E-state index in [1.54, 1.807) is 48.2 Å². The van der Waals surface area contributed by atoms with Crippen LogP contribution in [0.4, 0.5) is 11.6 Å². The Morgan fingerprint density at radius 2 is 1.86 bits per heavy atom. The molecule has 0 atom stereocenters. The molecule has 0 bridgehead atoms. The summed E-state index contributed by atoms with van der Waals surface area (Å²) in [7, 11) is 3.05. The van der Waals surface area contributed by atoms with E-state index in [-0.39, 0.29) is 23.7 Å². The lowest BCUT2D eigenvalue weighted by atomic mass is 10.1. The fraction of sp³-hybridized carbons (Fsp3) is 0.222. The van der Waals surface area contributed by atoms with Crippen molar-refractivity contribution in [1.29, 1.82) is 0 Å². The number of carbonyl (C=O) groups excluding carboxylic acids is 2. The maximum Gasteiger partial charge on any atom is 0.258 e. The van der Waals surface area contributed by atoms with Crippen molar-refractivity contribution in [2.75, 3.05) is 31.8 Å². The summed E-state index contributed by atoms with van der Waals surface area (Å²) in [5, 5.41) is 5.55. The largest absolute Gasteiger partial charge is 0.385 e. The van der Waals surface area contributed by atoms with Crippen molar-refractivity contribution in [2.24, 2.45) is 0 Å². The third-order valence-corrected chi connectivity index (χ3v) is 5.88. The van der Waals surface area contributed by atoms with Crippen LogP contribution in [0.25, 0.3) is 22.3 Å². The molecule has 0 aliphatic rings. The van der Waals surface area contributed by atoms with Crippen LogP contribution in [0.1, 0.15) is 22.3 Å². The van der Waals surface area contributed by atoms with Gasteiger partial charge in [0.05, 0.1) is 17.5 Å². The second kappa shape index (κ2) is 11.4. The molecule has 10 heteroatoms. The van der Waals surface area contributed by atoms with E-state index < -0.39 is 11.3 Å². The quantitative estimate of drug-likeness (QED) is 0.300. The molecule has 0 fully saturated rings. The van der Waals surface area contributed by atoms with Crippen LogP contribution in [0, 0.1) is 0 Å². The molecule has 4 rings (SSSR count). The summed E-state index contributed by atoms with van der Waals surface area (Å²) in [6, 6.07) is 16.2. The molecule has 0 aliphatic carbocycles. The Labute approximate surface area is 213 Å². The predicted molar refractivity (Wildman–Crippen MR) is 142 cm³/mol. The summed E-state index contributed by atoms with van der Waals surface area (Å²) in [4.78, 5) is 46.7. The molecule has 3 heterocycles. The van der Waals surface area contributed by atoms with Gasteiger partial charge in [-0.25, -0.2) is 9.97 Å². The van der Waals surface area contributed by atoms with Crippen LogP contribution in [-0.2, 0) is 22.5 Å². The molecule has 0 radical (unpaired) electrons. The first-order valence-electron chi connectivity index (χ1n) is 11.8. The van der Waals surface area contributed by atoms with Gasteiger partial charge in [0.1, 0.15) is 22.8 Å². The van der Waals surface area contributed by atoms with E-state index in [9.17, 15) is 14.4 Å². The highest BCUT2D eigenvalue weighted by Crippen LogP contribution is 2.24. The topological polar surface area (TPSA) is 141 Å². The lowest BCUT2D eigenvalue weighted by Crippen LogP contribution is -2.30. The van der Waals surface area contributed by atoms with Gasteiger partial charge in [-0.3, -0.25) is 14.4 Å². The van der Waals surface area contributed by atoms with Crippen molar-refractivity contribution >= 4 is 34.5 Å². The third-order valence-electron chi connectivity index (χ3n) is 5.88. The first kappa shape index (κ1) is 25.5. The molecule has 4 N–H and O–H groups in total. The van der Waals surface area contributed by atoms with E-state index in [0.29, 0.717) is 42.1 Å². The average Bonchev–Trinajstić information content (AvgIpc) is 2.91. The zero-order chi connectivity index (χ0) is 26.4. The average molecular weight is 501 g/mol. The van der Waals surface area contributed by atoms with Gasteiger partial charge in [-0.2, -0.15) is 0 Å². The van der Waals surface area contributed by atoms with Gasteiger partial charge in [0.25, 0.3) is 5.91 Å². The van der Waals surface area contributed by atoms with E-state index in [0.717, 1.165) is 11.1 Å². The predicted octanol–water partition coefficient (Wildman–Crippen LogP) is 2.62. The van der Waals surface area contributed by atoms with Gasteiger partial charge >= 0.3 is 0 Å². The highest BCUT2D eigenvalue weighted by atomic mass is 16.5. The normalized spacial score (nSPS) is 10.9. The number of fused-ring (bicyclic) bond motifs is 1. The number of benzene rings is 1. The highest BCUT2D eigenvalue weighted by molar-refractivity contribution is 6.01. The molecule has 4 aromatic rings. The fourth-order valence-corrected chi connectivity index (χ4v) is 4.03.